The van der Waals surface area contributed by atoms with E-state index < -0.39 is 11.5 Å². The molecule has 2 atom stereocenters. The highest BCUT2D eigenvalue weighted by Gasteiger charge is 2.59. The molecule has 1 aliphatic heterocycles. The molecule has 1 heterocycles. The smallest absolute Gasteiger partial charge is 0.231 e. The zero-order valence-corrected chi connectivity index (χ0v) is 16.3. The van der Waals surface area contributed by atoms with Gasteiger partial charge in [0.15, 0.2) is 17.3 Å². The van der Waals surface area contributed by atoms with Crippen LogP contribution >= 0.6 is 11.6 Å². The molecule has 1 aromatic carbocycles. The van der Waals surface area contributed by atoms with Crippen LogP contribution in [0, 0.1) is 5.92 Å². The number of fused-ring (bicyclic) bond motifs is 1. The molecule has 0 aromatic heterocycles. The van der Waals surface area contributed by atoms with Gasteiger partial charge in [0.1, 0.15) is 28.7 Å². The van der Waals surface area contributed by atoms with Crippen LogP contribution in [0.25, 0.3) is 0 Å². The van der Waals surface area contributed by atoms with E-state index in [2.05, 4.69) is 0 Å². The second-order valence-corrected chi connectivity index (χ2v) is 6.77. The van der Waals surface area contributed by atoms with Gasteiger partial charge in [-0.1, -0.05) is 18.5 Å². The van der Waals surface area contributed by atoms with E-state index in [-0.39, 0.29) is 52.4 Å². The predicted molar refractivity (Wildman–Crippen MR) is 96.9 cm³/mol. The van der Waals surface area contributed by atoms with Crippen LogP contribution in [0.4, 0.5) is 0 Å². The van der Waals surface area contributed by atoms with Crippen LogP contribution in [-0.4, -0.2) is 51.7 Å². The number of rotatable bonds is 6. The fourth-order valence-corrected chi connectivity index (χ4v) is 3.73. The Bertz CT molecular complexity index is 817. The monoisotopic (exact) mass is 396 g/mol. The van der Waals surface area contributed by atoms with Crippen LogP contribution in [0.1, 0.15) is 23.7 Å². The second-order valence-electron chi connectivity index (χ2n) is 6.39. The third kappa shape index (κ3) is 2.95. The number of ketones is 2. The highest BCUT2D eigenvalue weighted by Crippen LogP contribution is 2.54. The molecule has 7 nitrogen and oxygen atoms in total. The molecule has 146 valence electrons. The summed E-state index contributed by atoms with van der Waals surface area (Å²) in [5.74, 6) is 0.000144. The van der Waals surface area contributed by atoms with Crippen LogP contribution in [0.2, 0.25) is 5.02 Å². The summed E-state index contributed by atoms with van der Waals surface area (Å²) in [4.78, 5) is 25.4. The fraction of sp³-hybridized carbons (Fsp3) is 0.474. The summed E-state index contributed by atoms with van der Waals surface area (Å²) in [5.41, 5.74) is -1.24. The molecule has 0 amide bonds. The molecule has 0 saturated carbocycles. The van der Waals surface area contributed by atoms with Gasteiger partial charge < -0.3 is 23.7 Å². The third-order valence-electron chi connectivity index (χ3n) is 4.82. The Morgan fingerprint density at radius 3 is 2.56 bits per heavy atom. The molecule has 0 saturated heterocycles. The molecule has 2 aliphatic rings. The van der Waals surface area contributed by atoms with Crippen LogP contribution < -0.4 is 14.2 Å². The molecule has 1 unspecified atom stereocenters. The number of carbonyl (C=O) groups is 2. The second kappa shape index (κ2) is 7.40. The lowest BCUT2D eigenvalue weighted by Gasteiger charge is -2.36. The normalized spacial score (nSPS) is 23.7. The Kier molecular flexibility index (Phi) is 5.35. The third-order valence-corrected chi connectivity index (χ3v) is 5.18. The number of halogens is 1. The van der Waals surface area contributed by atoms with E-state index in [1.165, 1.54) is 20.3 Å². The lowest BCUT2D eigenvalue weighted by molar-refractivity contribution is -0.118. The Hall–Kier alpha value is -2.25. The highest BCUT2D eigenvalue weighted by molar-refractivity contribution is 6.35. The Morgan fingerprint density at radius 1 is 1.19 bits per heavy atom. The maximum absolute atomic E-state index is 13.4. The van der Waals surface area contributed by atoms with Gasteiger partial charge in [-0.3, -0.25) is 9.59 Å². The number of hydrogen-bond acceptors (Lipinski definition) is 7. The number of allylic oxidation sites excluding steroid dienone is 1. The molecule has 1 spiro atoms. The van der Waals surface area contributed by atoms with Crippen LogP contribution in [0.5, 0.6) is 17.2 Å². The van der Waals surface area contributed by atoms with Gasteiger partial charge in [0.2, 0.25) is 11.4 Å². The van der Waals surface area contributed by atoms with Gasteiger partial charge in [-0.2, -0.15) is 0 Å². The van der Waals surface area contributed by atoms with Crippen molar-refractivity contribution >= 4 is 23.2 Å². The van der Waals surface area contributed by atoms with Crippen LogP contribution in [0.3, 0.4) is 0 Å². The Balaban J connectivity index is 2.12. The summed E-state index contributed by atoms with van der Waals surface area (Å²) in [5, 5.41) is 0.159. The Labute approximate surface area is 162 Å². The van der Waals surface area contributed by atoms with Gasteiger partial charge >= 0.3 is 0 Å². The van der Waals surface area contributed by atoms with Crippen molar-refractivity contribution in [2.45, 2.75) is 18.9 Å². The van der Waals surface area contributed by atoms with Crippen molar-refractivity contribution in [3.8, 4) is 17.2 Å². The van der Waals surface area contributed by atoms with Crippen LogP contribution in [-0.2, 0) is 14.3 Å². The first-order chi connectivity index (χ1) is 12.9. The number of benzene rings is 1. The molecule has 0 radical (unpaired) electrons. The van der Waals surface area contributed by atoms with E-state index in [4.69, 9.17) is 35.3 Å². The molecule has 0 N–H and O–H groups in total. The molecule has 0 fully saturated rings. The maximum atomic E-state index is 13.4. The van der Waals surface area contributed by atoms with E-state index in [0.29, 0.717) is 12.4 Å². The standard InChI is InChI=1S/C19H21ClO7/c1-10-7-11(21)8-14(25-4)19(10)18(22)15-12(24-3)9-13(26-6-5-23-2)16(20)17(15)27-19/h8-10H,5-7H2,1-4H3/t10?,19-/m0/s1. The number of ether oxygens (including phenoxy) is 5. The molecular weight excluding hydrogens is 376 g/mol. The summed E-state index contributed by atoms with van der Waals surface area (Å²) in [6, 6.07) is 1.55. The lowest BCUT2D eigenvalue weighted by Crippen LogP contribution is -2.51. The van der Waals surface area contributed by atoms with Crippen molar-refractivity contribution in [1.29, 1.82) is 0 Å². The summed E-state index contributed by atoms with van der Waals surface area (Å²) in [7, 11) is 4.41. The summed E-state index contributed by atoms with van der Waals surface area (Å²) in [6.07, 6.45) is 1.46. The average Bonchev–Trinajstić information content (AvgIpc) is 2.95. The van der Waals surface area contributed by atoms with Gasteiger partial charge in [-0.25, -0.2) is 0 Å². The highest BCUT2D eigenvalue weighted by atomic mass is 35.5. The largest absolute Gasteiger partial charge is 0.496 e. The molecule has 1 aromatic rings. The summed E-state index contributed by atoms with van der Waals surface area (Å²) in [6.45, 7) is 2.41. The Morgan fingerprint density at radius 2 is 1.93 bits per heavy atom. The first kappa shape index (κ1) is 19.5. The zero-order valence-electron chi connectivity index (χ0n) is 15.6. The van der Waals surface area contributed by atoms with Crippen molar-refractivity contribution in [1.82, 2.24) is 0 Å². The lowest BCUT2D eigenvalue weighted by atomic mass is 9.75. The minimum absolute atomic E-state index is 0.126. The summed E-state index contributed by atoms with van der Waals surface area (Å²) < 4.78 is 27.5. The minimum atomic E-state index is -1.45. The topological polar surface area (TPSA) is 80.3 Å². The van der Waals surface area contributed by atoms with Gasteiger partial charge in [-0.05, 0) is 0 Å². The molecule has 8 heteroatoms. The maximum Gasteiger partial charge on any atom is 0.231 e. The first-order valence-corrected chi connectivity index (χ1v) is 8.83. The predicted octanol–water partition coefficient (Wildman–Crippen LogP) is 2.83. The van der Waals surface area contributed by atoms with Crippen molar-refractivity contribution in [2.75, 3.05) is 34.5 Å². The van der Waals surface area contributed by atoms with Gasteiger partial charge in [0.25, 0.3) is 0 Å². The van der Waals surface area contributed by atoms with E-state index >= 15 is 0 Å². The summed E-state index contributed by atoms with van der Waals surface area (Å²) >= 11 is 6.47. The average molecular weight is 397 g/mol. The SMILES string of the molecule is COCCOc1cc(OC)c2c(c1Cl)O[C@]1(C2=O)C(OC)=CC(=O)CC1C. The first-order valence-electron chi connectivity index (χ1n) is 8.45. The van der Waals surface area contributed by atoms with E-state index in [0.717, 1.165) is 0 Å². The van der Waals surface area contributed by atoms with E-state index in [9.17, 15) is 9.59 Å². The molecule has 27 heavy (non-hydrogen) atoms. The van der Waals surface area contributed by atoms with Crippen molar-refractivity contribution < 1.29 is 33.3 Å². The van der Waals surface area contributed by atoms with Crippen molar-refractivity contribution in [3.63, 3.8) is 0 Å². The number of hydrogen-bond donors (Lipinski definition) is 0. The number of carbonyl (C=O) groups excluding carboxylic acids is 2. The van der Waals surface area contributed by atoms with Gasteiger partial charge in [0, 0.05) is 31.6 Å². The van der Waals surface area contributed by atoms with Crippen molar-refractivity contribution in [2.24, 2.45) is 5.92 Å². The molecule has 1 aliphatic carbocycles. The quantitative estimate of drug-likeness (QED) is 0.684. The van der Waals surface area contributed by atoms with Crippen molar-refractivity contribution in [3.05, 3.63) is 28.5 Å². The van der Waals surface area contributed by atoms with Gasteiger partial charge in [-0.15, -0.1) is 0 Å². The van der Waals surface area contributed by atoms with Gasteiger partial charge in [0.05, 0.1) is 20.8 Å². The van der Waals surface area contributed by atoms with Crippen LogP contribution in [0.15, 0.2) is 17.9 Å². The molecular formula is C19H21ClO7. The number of methoxy groups -OCH3 is 3. The fourth-order valence-electron chi connectivity index (χ4n) is 3.49. The minimum Gasteiger partial charge on any atom is -0.496 e. The van der Waals surface area contributed by atoms with E-state index in [1.54, 1.807) is 20.1 Å². The van der Waals surface area contributed by atoms with E-state index in [1.807, 2.05) is 0 Å². The zero-order chi connectivity index (χ0) is 19.8. The molecule has 0 bridgehead atoms. The molecule has 3 rings (SSSR count). The number of Topliss-reactive ketones (excluding diaryl/α,β-unsaturated/α-hetero) is 1.